The third-order valence-corrected chi connectivity index (χ3v) is 6.52. The number of nitrogens with zero attached hydrogens (tertiary/aromatic N) is 1. The van der Waals surface area contributed by atoms with Crippen LogP contribution in [0.2, 0.25) is 0 Å². The van der Waals surface area contributed by atoms with Crippen molar-refractivity contribution in [1.82, 2.24) is 4.90 Å². The monoisotopic (exact) mass is 431 g/mol. The van der Waals surface area contributed by atoms with E-state index in [1.54, 1.807) is 0 Å². The van der Waals surface area contributed by atoms with Gasteiger partial charge in [-0.05, 0) is 74.2 Å². The summed E-state index contributed by atoms with van der Waals surface area (Å²) in [7, 11) is 2.19. The van der Waals surface area contributed by atoms with Crippen molar-refractivity contribution < 1.29 is 14.3 Å². The first-order chi connectivity index (χ1) is 13.0. The number of ether oxygens (including phenoxy) is 2. The highest BCUT2D eigenvalue weighted by molar-refractivity contribution is 9.10. The summed E-state index contributed by atoms with van der Waals surface area (Å²) in [6.45, 7) is 1.96. The van der Waals surface area contributed by atoms with Crippen LogP contribution in [0.5, 0.6) is 5.75 Å². The zero-order chi connectivity index (χ0) is 19.0. The number of halogens is 1. The van der Waals surface area contributed by atoms with Gasteiger partial charge in [0.25, 0.3) is 0 Å². The smallest absolute Gasteiger partial charge is 0.347 e. The first kappa shape index (κ1) is 18.8. The second kappa shape index (κ2) is 7.80. The van der Waals surface area contributed by atoms with Crippen LogP contribution >= 0.6 is 15.9 Å². The van der Waals surface area contributed by atoms with Crippen LogP contribution in [-0.4, -0.2) is 42.2 Å². The van der Waals surface area contributed by atoms with Crippen LogP contribution in [0, 0.1) is 0 Å². The van der Waals surface area contributed by atoms with E-state index < -0.39 is 6.10 Å². The highest BCUT2D eigenvalue weighted by Gasteiger charge is 2.40. The van der Waals surface area contributed by atoms with Gasteiger partial charge in [-0.1, -0.05) is 35.0 Å². The minimum atomic E-state index is -0.560. The molecule has 2 aromatic carbocycles. The average molecular weight is 432 g/mol. The molecular weight excluding hydrogens is 406 g/mol. The van der Waals surface area contributed by atoms with Gasteiger partial charge in [0, 0.05) is 16.6 Å². The molecule has 2 saturated heterocycles. The number of hydrogen-bond donors (Lipinski definition) is 0. The Morgan fingerprint density at radius 2 is 1.81 bits per heavy atom. The van der Waals surface area contributed by atoms with Crippen LogP contribution in [0.4, 0.5) is 0 Å². The van der Waals surface area contributed by atoms with Gasteiger partial charge in [0.15, 0.2) is 6.10 Å². The van der Waals surface area contributed by atoms with E-state index in [1.165, 1.54) is 12.8 Å². The fourth-order valence-corrected chi connectivity index (χ4v) is 4.81. The molecular formula is C22H26BrNO3. The first-order valence-electron chi connectivity index (χ1n) is 9.82. The fourth-order valence-electron chi connectivity index (χ4n) is 4.43. The van der Waals surface area contributed by atoms with E-state index in [0.29, 0.717) is 24.3 Å². The maximum absolute atomic E-state index is 12.7. The number of fused-ring (bicyclic) bond motifs is 3. The summed E-state index contributed by atoms with van der Waals surface area (Å²) in [6.07, 6.45) is 4.39. The average Bonchev–Trinajstić information content (AvgIpc) is 2.87. The number of rotatable bonds is 5. The van der Waals surface area contributed by atoms with Gasteiger partial charge in [0.1, 0.15) is 11.9 Å². The quantitative estimate of drug-likeness (QED) is 0.629. The van der Waals surface area contributed by atoms with E-state index in [2.05, 4.69) is 33.9 Å². The van der Waals surface area contributed by atoms with E-state index >= 15 is 0 Å². The van der Waals surface area contributed by atoms with Crippen molar-refractivity contribution >= 4 is 32.7 Å². The number of carbonyl (C=O) groups excluding carboxylic acids is 1. The Morgan fingerprint density at radius 1 is 1.15 bits per heavy atom. The summed E-state index contributed by atoms with van der Waals surface area (Å²) < 4.78 is 12.9. The zero-order valence-electron chi connectivity index (χ0n) is 15.9. The highest BCUT2D eigenvalue weighted by Crippen LogP contribution is 2.35. The predicted octanol–water partition coefficient (Wildman–Crippen LogP) is 4.93. The molecule has 4 atom stereocenters. The molecule has 2 unspecified atom stereocenters. The molecule has 0 saturated carbocycles. The fraction of sp³-hybridized carbons (Fsp3) is 0.500. The Hall–Kier alpha value is -1.59. The molecule has 4 rings (SSSR count). The predicted molar refractivity (Wildman–Crippen MR) is 110 cm³/mol. The van der Waals surface area contributed by atoms with Gasteiger partial charge in [0.05, 0.1) is 0 Å². The van der Waals surface area contributed by atoms with Crippen LogP contribution in [0.3, 0.4) is 0 Å². The summed E-state index contributed by atoms with van der Waals surface area (Å²) in [5, 5.41) is 2.22. The van der Waals surface area contributed by atoms with Gasteiger partial charge in [-0.2, -0.15) is 0 Å². The number of carbonyl (C=O) groups is 1. The molecule has 4 nitrogen and oxygen atoms in total. The second-order valence-corrected chi connectivity index (χ2v) is 8.66. The van der Waals surface area contributed by atoms with Crippen LogP contribution in [0.15, 0.2) is 40.9 Å². The molecule has 0 radical (unpaired) electrons. The van der Waals surface area contributed by atoms with Crippen molar-refractivity contribution in [2.45, 2.75) is 63.3 Å². The van der Waals surface area contributed by atoms with E-state index in [-0.39, 0.29) is 12.1 Å². The molecule has 2 aliphatic heterocycles. The Labute approximate surface area is 168 Å². The molecule has 5 heteroatoms. The van der Waals surface area contributed by atoms with E-state index in [1.807, 2.05) is 37.3 Å². The van der Waals surface area contributed by atoms with Gasteiger partial charge in [0.2, 0.25) is 0 Å². The normalized spacial score (nSPS) is 26.1. The molecule has 0 spiro atoms. The molecule has 2 aromatic rings. The van der Waals surface area contributed by atoms with Crippen molar-refractivity contribution in [2.75, 3.05) is 7.05 Å². The van der Waals surface area contributed by atoms with E-state index in [0.717, 1.165) is 28.1 Å². The van der Waals surface area contributed by atoms with Crippen LogP contribution in [0.1, 0.15) is 39.0 Å². The summed E-state index contributed by atoms with van der Waals surface area (Å²) >= 11 is 3.49. The zero-order valence-corrected chi connectivity index (χ0v) is 17.4. The van der Waals surface area contributed by atoms with Gasteiger partial charge in [-0.15, -0.1) is 0 Å². The number of hydrogen-bond acceptors (Lipinski definition) is 4. The summed E-state index contributed by atoms with van der Waals surface area (Å²) in [4.78, 5) is 15.2. The lowest BCUT2D eigenvalue weighted by atomic mass is 10.0. The van der Waals surface area contributed by atoms with Crippen molar-refractivity contribution in [3.8, 4) is 5.75 Å². The lowest BCUT2D eigenvalue weighted by Crippen LogP contribution is -2.44. The third kappa shape index (κ3) is 3.99. The SMILES string of the molecule is CCC(Oc1ccc2cc(Br)ccc2c1)C(=O)OC1C[C@H]2CC[C@@H](C1)N2C. The first-order valence-corrected chi connectivity index (χ1v) is 10.6. The molecule has 27 heavy (non-hydrogen) atoms. The Morgan fingerprint density at radius 3 is 2.52 bits per heavy atom. The molecule has 0 aromatic heterocycles. The molecule has 144 valence electrons. The molecule has 2 fully saturated rings. The minimum Gasteiger partial charge on any atom is -0.479 e. The maximum atomic E-state index is 12.7. The van der Waals surface area contributed by atoms with Gasteiger partial charge in [-0.25, -0.2) is 4.79 Å². The van der Waals surface area contributed by atoms with Gasteiger partial charge in [-0.3, -0.25) is 0 Å². The van der Waals surface area contributed by atoms with Crippen molar-refractivity contribution in [3.05, 3.63) is 40.9 Å². The number of esters is 1. The molecule has 0 amide bonds. The van der Waals surface area contributed by atoms with E-state index in [9.17, 15) is 4.79 Å². The Bertz CT molecular complexity index is 825. The van der Waals surface area contributed by atoms with Gasteiger partial charge >= 0.3 is 5.97 Å². The largest absolute Gasteiger partial charge is 0.479 e. The lowest BCUT2D eigenvalue weighted by Gasteiger charge is -2.36. The molecule has 2 aliphatic rings. The van der Waals surface area contributed by atoms with Crippen molar-refractivity contribution in [1.29, 1.82) is 0 Å². The molecule has 0 N–H and O–H groups in total. The number of piperidine rings is 1. The highest BCUT2D eigenvalue weighted by atomic mass is 79.9. The topological polar surface area (TPSA) is 38.8 Å². The lowest BCUT2D eigenvalue weighted by molar-refractivity contribution is -0.160. The molecule has 0 aliphatic carbocycles. The second-order valence-electron chi connectivity index (χ2n) is 7.75. The minimum absolute atomic E-state index is 0.0257. The van der Waals surface area contributed by atoms with Crippen LogP contribution in [0.25, 0.3) is 10.8 Å². The van der Waals surface area contributed by atoms with Gasteiger partial charge < -0.3 is 14.4 Å². The number of benzene rings is 2. The Balaban J connectivity index is 1.41. The van der Waals surface area contributed by atoms with Crippen molar-refractivity contribution in [3.63, 3.8) is 0 Å². The van der Waals surface area contributed by atoms with Crippen molar-refractivity contribution in [2.24, 2.45) is 0 Å². The molecule has 2 heterocycles. The molecule has 2 bridgehead atoms. The summed E-state index contributed by atoms with van der Waals surface area (Å²) in [5.74, 6) is 0.472. The third-order valence-electron chi connectivity index (χ3n) is 6.02. The summed E-state index contributed by atoms with van der Waals surface area (Å²) in [5.41, 5.74) is 0. The van der Waals surface area contributed by atoms with Crippen LogP contribution < -0.4 is 4.74 Å². The standard InChI is InChI=1S/C22H26BrNO3/c1-3-21(22(25)27-20-12-17-7-8-18(13-20)24(17)2)26-19-9-5-14-10-16(23)6-4-15(14)11-19/h4-6,9-11,17-18,20-21H,3,7-8,12-13H2,1-2H3/t17-,18+,20?,21?. The Kier molecular flexibility index (Phi) is 5.42. The maximum Gasteiger partial charge on any atom is 0.347 e. The van der Waals surface area contributed by atoms with Crippen LogP contribution in [-0.2, 0) is 9.53 Å². The van der Waals surface area contributed by atoms with E-state index in [4.69, 9.17) is 9.47 Å². The summed E-state index contributed by atoms with van der Waals surface area (Å²) in [6, 6.07) is 13.1.